The molecule has 0 fully saturated rings. The normalized spacial score (nSPS) is 16.3. The Morgan fingerprint density at radius 1 is 0.489 bits per heavy atom. The van der Waals surface area contributed by atoms with Crippen molar-refractivity contribution in [3.63, 3.8) is 0 Å². The SMILES string of the molecule is c1ccc(C2N=C(c3ccc(-c4c(-c5cccc6oc7ccccc7c56)ccc5ccccc45)cc3)NC(c3ccccc3)N2)cc1. The molecule has 0 spiro atoms. The maximum Gasteiger partial charge on any atom is 0.136 e. The van der Waals surface area contributed by atoms with Crippen molar-refractivity contribution < 1.29 is 4.42 Å². The molecular formula is C43H31N3O. The largest absolute Gasteiger partial charge is 0.456 e. The van der Waals surface area contributed by atoms with Crippen molar-refractivity contribution in [3.8, 4) is 22.3 Å². The maximum atomic E-state index is 6.29. The summed E-state index contributed by atoms with van der Waals surface area (Å²) in [7, 11) is 0. The van der Waals surface area contributed by atoms with Gasteiger partial charge in [-0.1, -0.05) is 152 Å². The monoisotopic (exact) mass is 605 g/mol. The molecule has 224 valence electrons. The molecule has 4 nitrogen and oxygen atoms in total. The quantitative estimate of drug-likeness (QED) is 0.205. The third-order valence-corrected chi connectivity index (χ3v) is 9.18. The van der Waals surface area contributed by atoms with Gasteiger partial charge in [0.1, 0.15) is 29.3 Å². The summed E-state index contributed by atoms with van der Waals surface area (Å²) in [6.07, 6.45) is -0.254. The zero-order chi connectivity index (χ0) is 31.2. The van der Waals surface area contributed by atoms with Crippen molar-refractivity contribution in [1.29, 1.82) is 0 Å². The first-order valence-corrected chi connectivity index (χ1v) is 16.0. The second kappa shape index (κ2) is 11.4. The highest BCUT2D eigenvalue weighted by Crippen LogP contribution is 2.43. The predicted octanol–water partition coefficient (Wildman–Crippen LogP) is 10.4. The van der Waals surface area contributed by atoms with Gasteiger partial charge < -0.3 is 9.73 Å². The minimum absolute atomic E-state index is 0.0801. The lowest BCUT2D eigenvalue weighted by Crippen LogP contribution is -2.44. The number of furan rings is 1. The van der Waals surface area contributed by atoms with Crippen LogP contribution in [0.5, 0.6) is 0 Å². The van der Waals surface area contributed by atoms with Gasteiger partial charge in [0.05, 0.1) is 0 Å². The molecule has 9 rings (SSSR count). The number of hydrogen-bond donors (Lipinski definition) is 2. The van der Waals surface area contributed by atoms with E-state index in [9.17, 15) is 0 Å². The number of fused-ring (bicyclic) bond motifs is 4. The lowest BCUT2D eigenvalue weighted by Gasteiger charge is -2.32. The molecule has 0 radical (unpaired) electrons. The van der Waals surface area contributed by atoms with Gasteiger partial charge in [-0.15, -0.1) is 0 Å². The van der Waals surface area contributed by atoms with E-state index in [1.54, 1.807) is 0 Å². The Labute approximate surface area is 273 Å². The second-order valence-corrected chi connectivity index (χ2v) is 12.0. The molecule has 2 unspecified atom stereocenters. The molecule has 4 heteroatoms. The Bertz CT molecular complexity index is 2410. The van der Waals surface area contributed by atoms with E-state index in [1.807, 2.05) is 24.3 Å². The van der Waals surface area contributed by atoms with E-state index in [1.165, 1.54) is 27.5 Å². The molecule has 1 aliphatic heterocycles. The van der Waals surface area contributed by atoms with E-state index < -0.39 is 0 Å². The fourth-order valence-electron chi connectivity index (χ4n) is 6.93. The molecule has 2 atom stereocenters. The number of benzene rings is 7. The molecule has 7 aromatic carbocycles. The minimum atomic E-state index is -0.174. The van der Waals surface area contributed by atoms with Gasteiger partial charge in [-0.05, 0) is 56.3 Å². The molecule has 8 aromatic rings. The van der Waals surface area contributed by atoms with Crippen LogP contribution in [0.3, 0.4) is 0 Å². The minimum Gasteiger partial charge on any atom is -0.456 e. The summed E-state index contributed by atoms with van der Waals surface area (Å²) in [5.41, 5.74) is 9.84. The van der Waals surface area contributed by atoms with Crippen molar-refractivity contribution in [1.82, 2.24) is 10.6 Å². The molecule has 0 saturated carbocycles. The number of rotatable bonds is 5. The third-order valence-electron chi connectivity index (χ3n) is 9.18. The number of amidine groups is 1. The molecule has 47 heavy (non-hydrogen) atoms. The fourth-order valence-corrected chi connectivity index (χ4v) is 6.93. The third kappa shape index (κ3) is 4.87. The van der Waals surface area contributed by atoms with Gasteiger partial charge in [0.2, 0.25) is 0 Å². The van der Waals surface area contributed by atoms with Crippen molar-refractivity contribution in [2.45, 2.75) is 12.3 Å². The molecule has 2 heterocycles. The van der Waals surface area contributed by atoms with Gasteiger partial charge in [-0.3, -0.25) is 5.32 Å². The van der Waals surface area contributed by atoms with E-state index >= 15 is 0 Å². The summed E-state index contributed by atoms with van der Waals surface area (Å²) in [5, 5.41) is 12.1. The van der Waals surface area contributed by atoms with Crippen LogP contribution in [0, 0.1) is 0 Å². The molecule has 0 amide bonds. The first-order chi connectivity index (χ1) is 23.3. The zero-order valence-electron chi connectivity index (χ0n) is 25.6. The van der Waals surface area contributed by atoms with E-state index in [4.69, 9.17) is 9.41 Å². The molecule has 0 aliphatic carbocycles. The summed E-state index contributed by atoms with van der Waals surface area (Å²) in [4.78, 5) is 5.16. The van der Waals surface area contributed by atoms with Crippen LogP contribution >= 0.6 is 0 Å². The molecule has 2 N–H and O–H groups in total. The summed E-state index contributed by atoms with van der Waals surface area (Å²) in [6, 6.07) is 57.5. The average molecular weight is 606 g/mol. The van der Waals surface area contributed by atoms with Crippen molar-refractivity contribution in [3.05, 3.63) is 180 Å². The molecule has 0 saturated heterocycles. The van der Waals surface area contributed by atoms with Gasteiger partial charge in [0.15, 0.2) is 0 Å². The molecule has 1 aromatic heterocycles. The van der Waals surface area contributed by atoms with E-state index in [-0.39, 0.29) is 12.3 Å². The van der Waals surface area contributed by atoms with Crippen LogP contribution in [0.25, 0.3) is 55.0 Å². The van der Waals surface area contributed by atoms with Crippen molar-refractivity contribution >= 4 is 38.5 Å². The van der Waals surface area contributed by atoms with Gasteiger partial charge in [0.25, 0.3) is 0 Å². The molecule has 1 aliphatic rings. The van der Waals surface area contributed by atoms with Gasteiger partial charge in [0, 0.05) is 16.3 Å². The second-order valence-electron chi connectivity index (χ2n) is 12.0. The zero-order valence-corrected chi connectivity index (χ0v) is 25.6. The number of hydrogen-bond acceptors (Lipinski definition) is 4. The van der Waals surface area contributed by atoms with Crippen LogP contribution < -0.4 is 10.6 Å². The lowest BCUT2D eigenvalue weighted by atomic mass is 9.88. The molecular weight excluding hydrogens is 574 g/mol. The van der Waals surface area contributed by atoms with Crippen LogP contribution in [0.4, 0.5) is 0 Å². The Hall–Kier alpha value is -5.97. The standard InChI is InChI=1S/C43H31N3O/c1-3-13-30(14-4-1)41-44-42(31-15-5-2-6-16-31)46-43(45-41)32-24-22-29(23-25-32)39-33-17-8-7-12-28(33)26-27-35(39)34-19-11-21-38-40(34)36-18-9-10-20-37(36)47-38/h1-27,41-42,44H,(H,45,46). The highest BCUT2D eigenvalue weighted by atomic mass is 16.3. The Morgan fingerprint density at radius 2 is 1.15 bits per heavy atom. The number of nitrogens with one attached hydrogen (secondary N) is 2. The maximum absolute atomic E-state index is 6.29. The first-order valence-electron chi connectivity index (χ1n) is 16.0. The van der Waals surface area contributed by atoms with Crippen molar-refractivity contribution in [2.75, 3.05) is 0 Å². The van der Waals surface area contributed by atoms with E-state index in [2.05, 4.69) is 150 Å². The van der Waals surface area contributed by atoms with Crippen LogP contribution in [0.1, 0.15) is 29.0 Å². The Kier molecular flexibility index (Phi) is 6.65. The van der Waals surface area contributed by atoms with Crippen molar-refractivity contribution in [2.24, 2.45) is 4.99 Å². The highest BCUT2D eigenvalue weighted by Gasteiger charge is 2.25. The smallest absolute Gasteiger partial charge is 0.136 e. The van der Waals surface area contributed by atoms with Crippen LogP contribution in [-0.4, -0.2) is 5.84 Å². The number of aliphatic imine (C=N–C) groups is 1. The average Bonchev–Trinajstić information content (AvgIpc) is 3.54. The Morgan fingerprint density at radius 3 is 1.96 bits per heavy atom. The first kappa shape index (κ1) is 27.3. The summed E-state index contributed by atoms with van der Waals surface area (Å²) < 4.78 is 6.29. The topological polar surface area (TPSA) is 49.6 Å². The number of para-hydroxylation sites is 1. The fraction of sp³-hybridized carbons (Fsp3) is 0.0465. The van der Waals surface area contributed by atoms with E-state index in [0.717, 1.165) is 50.0 Å². The van der Waals surface area contributed by atoms with Gasteiger partial charge >= 0.3 is 0 Å². The van der Waals surface area contributed by atoms with Gasteiger partial charge in [-0.2, -0.15) is 0 Å². The highest BCUT2D eigenvalue weighted by molar-refractivity contribution is 6.16. The van der Waals surface area contributed by atoms with Crippen LogP contribution in [0.2, 0.25) is 0 Å². The van der Waals surface area contributed by atoms with Crippen LogP contribution in [-0.2, 0) is 0 Å². The lowest BCUT2D eigenvalue weighted by molar-refractivity contribution is 0.409. The summed E-state index contributed by atoms with van der Waals surface area (Å²) >= 11 is 0. The molecule has 0 bridgehead atoms. The van der Waals surface area contributed by atoms with Crippen LogP contribution in [0.15, 0.2) is 173 Å². The summed E-state index contributed by atoms with van der Waals surface area (Å²) in [6.45, 7) is 0. The summed E-state index contributed by atoms with van der Waals surface area (Å²) in [5.74, 6) is 0.866. The van der Waals surface area contributed by atoms with E-state index in [0.29, 0.717) is 0 Å². The Balaban J connectivity index is 1.17. The number of nitrogens with zero attached hydrogens (tertiary/aromatic N) is 1. The van der Waals surface area contributed by atoms with Gasteiger partial charge in [-0.25, -0.2) is 4.99 Å². The predicted molar refractivity (Wildman–Crippen MR) is 193 cm³/mol.